The lowest BCUT2D eigenvalue weighted by atomic mass is 9.74. The maximum atomic E-state index is 5.97. The highest BCUT2D eigenvalue weighted by atomic mass is 15.3. The second kappa shape index (κ2) is 6.70. The second-order valence-electron chi connectivity index (χ2n) is 6.14. The van der Waals surface area contributed by atoms with Gasteiger partial charge >= 0.3 is 0 Å². The summed E-state index contributed by atoms with van der Waals surface area (Å²) in [7, 11) is 4.35. The molecule has 0 aromatic carbocycles. The number of hydrogen-bond acceptors (Lipinski definition) is 4. The first-order valence-corrected chi connectivity index (χ1v) is 7.81. The predicted octanol–water partition coefficient (Wildman–Crippen LogP) is 2.06. The summed E-state index contributed by atoms with van der Waals surface area (Å²) in [6.07, 6.45) is 9.23. The molecule has 1 fully saturated rings. The highest BCUT2D eigenvalue weighted by molar-refractivity contribution is 5.16. The van der Waals surface area contributed by atoms with E-state index in [9.17, 15) is 0 Å². The van der Waals surface area contributed by atoms with E-state index in [0.29, 0.717) is 0 Å². The standard InChI is InChI=1S/C15H29N5/c1-4-12-20-13(8-11-17-20)14(18-16)15(19(2)3)9-6-5-7-10-15/h8,11,14,18H,4-7,9-10,12,16H2,1-3H3. The fourth-order valence-electron chi connectivity index (χ4n) is 3.66. The van der Waals surface area contributed by atoms with Crippen molar-refractivity contribution in [2.75, 3.05) is 14.1 Å². The Kier molecular flexibility index (Phi) is 5.18. The normalized spacial score (nSPS) is 20.2. The first-order chi connectivity index (χ1) is 9.65. The Bertz CT molecular complexity index is 406. The molecule has 2 rings (SSSR count). The van der Waals surface area contributed by atoms with Gasteiger partial charge in [-0.2, -0.15) is 5.10 Å². The van der Waals surface area contributed by atoms with Gasteiger partial charge < -0.3 is 4.90 Å². The largest absolute Gasteiger partial charge is 0.302 e. The van der Waals surface area contributed by atoms with Gasteiger partial charge in [-0.1, -0.05) is 26.2 Å². The molecule has 0 saturated heterocycles. The zero-order chi connectivity index (χ0) is 14.6. The van der Waals surface area contributed by atoms with Crippen molar-refractivity contribution in [1.29, 1.82) is 0 Å². The van der Waals surface area contributed by atoms with Crippen molar-refractivity contribution in [2.24, 2.45) is 5.84 Å². The van der Waals surface area contributed by atoms with Crippen molar-refractivity contribution in [1.82, 2.24) is 20.1 Å². The van der Waals surface area contributed by atoms with E-state index in [2.05, 4.69) is 47.2 Å². The monoisotopic (exact) mass is 279 g/mol. The molecule has 1 atom stereocenters. The summed E-state index contributed by atoms with van der Waals surface area (Å²) in [5, 5.41) is 4.46. The number of nitrogens with two attached hydrogens (primary N) is 1. The minimum absolute atomic E-state index is 0.0958. The molecule has 3 N–H and O–H groups in total. The molecule has 0 amide bonds. The molecule has 1 aromatic rings. The molecule has 1 unspecified atom stereocenters. The first kappa shape index (κ1) is 15.5. The van der Waals surface area contributed by atoms with E-state index in [1.54, 1.807) is 0 Å². The van der Waals surface area contributed by atoms with Gasteiger partial charge in [-0.05, 0) is 39.4 Å². The van der Waals surface area contributed by atoms with Gasteiger partial charge in [-0.3, -0.25) is 10.5 Å². The zero-order valence-corrected chi connectivity index (χ0v) is 13.1. The number of aromatic nitrogens is 2. The van der Waals surface area contributed by atoms with E-state index in [4.69, 9.17) is 5.84 Å². The van der Waals surface area contributed by atoms with Crippen molar-refractivity contribution in [3.63, 3.8) is 0 Å². The van der Waals surface area contributed by atoms with E-state index in [0.717, 1.165) is 13.0 Å². The maximum Gasteiger partial charge on any atom is 0.0812 e. The van der Waals surface area contributed by atoms with E-state index in [-0.39, 0.29) is 11.6 Å². The minimum Gasteiger partial charge on any atom is -0.302 e. The van der Waals surface area contributed by atoms with Crippen LogP contribution in [0.3, 0.4) is 0 Å². The summed E-state index contributed by atoms with van der Waals surface area (Å²) in [5.41, 5.74) is 4.40. The van der Waals surface area contributed by atoms with Crippen molar-refractivity contribution < 1.29 is 0 Å². The molecule has 1 saturated carbocycles. The Morgan fingerprint density at radius 3 is 2.65 bits per heavy atom. The van der Waals surface area contributed by atoms with Gasteiger partial charge in [0.15, 0.2) is 0 Å². The third kappa shape index (κ3) is 2.75. The molecule has 1 aromatic heterocycles. The first-order valence-electron chi connectivity index (χ1n) is 7.81. The van der Waals surface area contributed by atoms with Crippen molar-refractivity contribution in [3.05, 3.63) is 18.0 Å². The fraction of sp³-hybridized carbons (Fsp3) is 0.800. The third-order valence-corrected chi connectivity index (χ3v) is 4.79. The molecule has 0 radical (unpaired) electrons. The summed E-state index contributed by atoms with van der Waals surface area (Å²) in [6, 6.07) is 2.24. The van der Waals surface area contributed by atoms with E-state index in [1.807, 2.05) is 6.20 Å². The number of aryl methyl sites for hydroxylation is 1. The number of likely N-dealkylation sites (N-methyl/N-ethyl adjacent to an activating group) is 1. The van der Waals surface area contributed by atoms with Crippen LogP contribution < -0.4 is 11.3 Å². The lowest BCUT2D eigenvalue weighted by molar-refractivity contribution is 0.0529. The van der Waals surface area contributed by atoms with Gasteiger partial charge in [0.05, 0.1) is 11.7 Å². The van der Waals surface area contributed by atoms with Crippen LogP contribution in [0, 0.1) is 0 Å². The Labute approximate surface area is 122 Å². The number of hydrazine groups is 1. The van der Waals surface area contributed by atoms with Crippen LogP contribution in [-0.2, 0) is 6.54 Å². The maximum absolute atomic E-state index is 5.97. The van der Waals surface area contributed by atoms with Crippen LogP contribution in [0.1, 0.15) is 57.2 Å². The SMILES string of the molecule is CCCn1nccc1C(NN)C1(N(C)C)CCCCC1. The van der Waals surface area contributed by atoms with Crippen LogP contribution in [0.25, 0.3) is 0 Å². The Balaban J connectivity index is 2.35. The molecule has 1 heterocycles. The molecule has 0 aliphatic heterocycles. The van der Waals surface area contributed by atoms with E-state index >= 15 is 0 Å². The van der Waals surface area contributed by atoms with Gasteiger partial charge in [-0.15, -0.1) is 0 Å². The fourth-order valence-corrected chi connectivity index (χ4v) is 3.66. The smallest absolute Gasteiger partial charge is 0.0812 e. The van der Waals surface area contributed by atoms with Gasteiger partial charge in [0.25, 0.3) is 0 Å². The van der Waals surface area contributed by atoms with Crippen LogP contribution in [0.5, 0.6) is 0 Å². The molecule has 0 bridgehead atoms. The average Bonchev–Trinajstić information content (AvgIpc) is 2.89. The summed E-state index contributed by atoms with van der Waals surface area (Å²) >= 11 is 0. The summed E-state index contributed by atoms with van der Waals surface area (Å²) in [5.74, 6) is 5.97. The van der Waals surface area contributed by atoms with Crippen LogP contribution in [0.4, 0.5) is 0 Å². The number of nitrogens with one attached hydrogen (secondary N) is 1. The molecule has 1 aliphatic rings. The summed E-state index contributed by atoms with van der Waals surface area (Å²) < 4.78 is 2.10. The van der Waals surface area contributed by atoms with Crippen molar-refractivity contribution >= 4 is 0 Å². The Morgan fingerprint density at radius 2 is 2.10 bits per heavy atom. The highest BCUT2D eigenvalue weighted by Crippen LogP contribution is 2.41. The number of hydrogen-bond donors (Lipinski definition) is 2. The number of rotatable bonds is 6. The number of nitrogens with zero attached hydrogens (tertiary/aromatic N) is 3. The van der Waals surface area contributed by atoms with Crippen LogP contribution in [0.2, 0.25) is 0 Å². The van der Waals surface area contributed by atoms with Crippen LogP contribution >= 0.6 is 0 Å². The molecule has 0 spiro atoms. The minimum atomic E-state index is 0.0958. The lowest BCUT2D eigenvalue weighted by Gasteiger charge is -2.48. The second-order valence-corrected chi connectivity index (χ2v) is 6.14. The summed E-state index contributed by atoms with van der Waals surface area (Å²) in [4.78, 5) is 2.36. The van der Waals surface area contributed by atoms with Gasteiger partial charge in [0, 0.05) is 18.3 Å². The third-order valence-electron chi connectivity index (χ3n) is 4.79. The van der Waals surface area contributed by atoms with Crippen molar-refractivity contribution in [3.8, 4) is 0 Å². The predicted molar refractivity (Wildman–Crippen MR) is 82.1 cm³/mol. The van der Waals surface area contributed by atoms with Gasteiger partial charge in [0.2, 0.25) is 0 Å². The van der Waals surface area contributed by atoms with Crippen molar-refractivity contribution in [2.45, 2.75) is 63.6 Å². The van der Waals surface area contributed by atoms with Crippen LogP contribution in [-0.4, -0.2) is 34.3 Å². The molecule has 20 heavy (non-hydrogen) atoms. The molecular weight excluding hydrogens is 250 g/mol. The van der Waals surface area contributed by atoms with E-state index < -0.39 is 0 Å². The quantitative estimate of drug-likeness (QED) is 0.618. The zero-order valence-electron chi connectivity index (χ0n) is 13.1. The molecular formula is C15H29N5. The van der Waals surface area contributed by atoms with Crippen LogP contribution in [0.15, 0.2) is 12.3 Å². The van der Waals surface area contributed by atoms with Gasteiger partial charge in [-0.25, -0.2) is 5.43 Å². The molecule has 5 heteroatoms. The molecule has 1 aliphatic carbocycles. The van der Waals surface area contributed by atoms with E-state index in [1.165, 1.54) is 37.8 Å². The summed E-state index contributed by atoms with van der Waals surface area (Å²) in [6.45, 7) is 3.13. The Hall–Kier alpha value is -0.910. The molecule has 5 nitrogen and oxygen atoms in total. The average molecular weight is 279 g/mol. The topological polar surface area (TPSA) is 59.1 Å². The highest BCUT2D eigenvalue weighted by Gasteiger charge is 2.43. The Morgan fingerprint density at radius 1 is 1.40 bits per heavy atom. The lowest BCUT2D eigenvalue weighted by Crippen LogP contribution is -2.56. The molecule has 114 valence electrons. The van der Waals surface area contributed by atoms with Gasteiger partial charge in [0.1, 0.15) is 0 Å².